The van der Waals surface area contributed by atoms with Gasteiger partial charge in [0.15, 0.2) is 0 Å². The summed E-state index contributed by atoms with van der Waals surface area (Å²) in [5.41, 5.74) is 3.26. The van der Waals surface area contributed by atoms with Crippen LogP contribution >= 0.6 is 11.6 Å². The molecular weight excluding hydrogens is 310 g/mol. The van der Waals surface area contributed by atoms with E-state index in [0.717, 1.165) is 33.5 Å². The van der Waals surface area contributed by atoms with Gasteiger partial charge in [-0.25, -0.2) is 4.98 Å². The zero-order valence-electron chi connectivity index (χ0n) is 13.1. The lowest BCUT2D eigenvalue weighted by Gasteiger charge is -2.09. The molecule has 0 saturated heterocycles. The number of halogens is 1. The number of anilines is 1. The Morgan fingerprint density at radius 1 is 1.17 bits per heavy atom. The summed E-state index contributed by atoms with van der Waals surface area (Å²) in [5, 5.41) is 4.08. The molecule has 0 aliphatic rings. The van der Waals surface area contributed by atoms with E-state index in [1.807, 2.05) is 60.3 Å². The zero-order valence-corrected chi connectivity index (χ0v) is 13.8. The third kappa shape index (κ3) is 3.48. The Labute approximate surface area is 140 Å². The van der Waals surface area contributed by atoms with Crippen molar-refractivity contribution in [3.8, 4) is 17.0 Å². The molecule has 0 aliphatic carbocycles. The first-order chi connectivity index (χ1) is 11.2. The van der Waals surface area contributed by atoms with Crippen molar-refractivity contribution in [2.24, 2.45) is 7.05 Å². The molecule has 0 fully saturated rings. The fourth-order valence-corrected chi connectivity index (χ4v) is 2.55. The highest BCUT2D eigenvalue weighted by atomic mass is 35.5. The smallest absolute Gasteiger partial charge is 0.203 e. The second-order valence-corrected chi connectivity index (χ2v) is 5.67. The van der Waals surface area contributed by atoms with Gasteiger partial charge in [0.1, 0.15) is 5.75 Å². The van der Waals surface area contributed by atoms with Crippen LogP contribution in [0.4, 0.5) is 5.95 Å². The van der Waals surface area contributed by atoms with Gasteiger partial charge in [0.05, 0.1) is 19.0 Å². The zero-order chi connectivity index (χ0) is 16.2. The first-order valence-electron chi connectivity index (χ1n) is 7.32. The summed E-state index contributed by atoms with van der Waals surface area (Å²) in [6.07, 6.45) is 1.86. The van der Waals surface area contributed by atoms with E-state index < -0.39 is 0 Å². The first-order valence-corrected chi connectivity index (χ1v) is 7.69. The van der Waals surface area contributed by atoms with E-state index in [1.165, 1.54) is 0 Å². The number of hydrogen-bond acceptors (Lipinski definition) is 3. The molecule has 5 heteroatoms. The van der Waals surface area contributed by atoms with Crippen LogP contribution in [-0.4, -0.2) is 16.7 Å². The van der Waals surface area contributed by atoms with Crippen LogP contribution in [0, 0.1) is 0 Å². The Balaban J connectivity index is 1.75. The van der Waals surface area contributed by atoms with Crippen LogP contribution in [0.15, 0.2) is 54.7 Å². The van der Waals surface area contributed by atoms with Gasteiger partial charge < -0.3 is 14.6 Å². The van der Waals surface area contributed by atoms with Crippen molar-refractivity contribution in [2.45, 2.75) is 6.54 Å². The molecule has 0 amide bonds. The Morgan fingerprint density at radius 3 is 2.70 bits per heavy atom. The monoisotopic (exact) mass is 327 g/mol. The molecule has 2 aromatic carbocycles. The largest absolute Gasteiger partial charge is 0.497 e. The SMILES string of the molecule is COc1cccc(CNc2ncc(-c3ccc(Cl)cc3)n2C)c1. The summed E-state index contributed by atoms with van der Waals surface area (Å²) in [7, 11) is 3.66. The Bertz CT molecular complexity index is 796. The molecule has 0 radical (unpaired) electrons. The number of rotatable bonds is 5. The first kappa shape index (κ1) is 15.4. The van der Waals surface area contributed by atoms with Gasteiger partial charge in [-0.3, -0.25) is 0 Å². The van der Waals surface area contributed by atoms with Crippen LogP contribution in [0.3, 0.4) is 0 Å². The molecule has 0 unspecified atom stereocenters. The fraction of sp³-hybridized carbons (Fsp3) is 0.167. The second-order valence-electron chi connectivity index (χ2n) is 5.24. The van der Waals surface area contributed by atoms with Crippen LogP contribution in [0.2, 0.25) is 5.02 Å². The van der Waals surface area contributed by atoms with Gasteiger partial charge in [-0.05, 0) is 35.4 Å². The van der Waals surface area contributed by atoms with Crippen molar-refractivity contribution in [1.82, 2.24) is 9.55 Å². The van der Waals surface area contributed by atoms with E-state index >= 15 is 0 Å². The van der Waals surface area contributed by atoms with Crippen LogP contribution < -0.4 is 10.1 Å². The van der Waals surface area contributed by atoms with Crippen molar-refractivity contribution in [1.29, 1.82) is 0 Å². The average molecular weight is 328 g/mol. The minimum Gasteiger partial charge on any atom is -0.497 e. The van der Waals surface area contributed by atoms with E-state index in [0.29, 0.717) is 6.54 Å². The van der Waals surface area contributed by atoms with Gasteiger partial charge in [0, 0.05) is 18.6 Å². The number of benzene rings is 2. The topological polar surface area (TPSA) is 39.1 Å². The molecule has 23 heavy (non-hydrogen) atoms. The van der Waals surface area contributed by atoms with Crippen LogP contribution in [0.5, 0.6) is 5.75 Å². The Morgan fingerprint density at radius 2 is 1.96 bits per heavy atom. The summed E-state index contributed by atoms with van der Waals surface area (Å²) >= 11 is 5.94. The van der Waals surface area contributed by atoms with Gasteiger partial charge in [-0.2, -0.15) is 0 Å². The number of methoxy groups -OCH3 is 1. The summed E-state index contributed by atoms with van der Waals surface area (Å²) in [6, 6.07) is 15.7. The maximum atomic E-state index is 5.94. The van der Waals surface area contributed by atoms with Crippen molar-refractivity contribution in [3.05, 3.63) is 65.3 Å². The summed E-state index contributed by atoms with van der Waals surface area (Å²) in [5.74, 6) is 1.67. The minimum atomic E-state index is 0.683. The van der Waals surface area contributed by atoms with Crippen molar-refractivity contribution in [3.63, 3.8) is 0 Å². The van der Waals surface area contributed by atoms with Gasteiger partial charge in [-0.15, -0.1) is 0 Å². The molecule has 0 aliphatic heterocycles. The molecule has 4 nitrogen and oxygen atoms in total. The molecule has 0 bridgehead atoms. The van der Waals surface area contributed by atoms with Crippen molar-refractivity contribution < 1.29 is 4.74 Å². The third-order valence-corrected chi connectivity index (χ3v) is 3.96. The van der Waals surface area contributed by atoms with Gasteiger partial charge >= 0.3 is 0 Å². The summed E-state index contributed by atoms with van der Waals surface area (Å²) < 4.78 is 7.27. The number of ether oxygens (including phenoxy) is 1. The molecule has 1 aromatic heterocycles. The van der Waals surface area contributed by atoms with Crippen molar-refractivity contribution >= 4 is 17.5 Å². The lowest BCUT2D eigenvalue weighted by atomic mass is 10.2. The summed E-state index contributed by atoms with van der Waals surface area (Å²) in [4.78, 5) is 4.46. The molecule has 3 aromatic rings. The van der Waals surface area contributed by atoms with Gasteiger partial charge in [-0.1, -0.05) is 35.9 Å². The highest BCUT2D eigenvalue weighted by molar-refractivity contribution is 6.30. The molecular formula is C18H18ClN3O. The molecule has 1 N–H and O–H groups in total. The van der Waals surface area contributed by atoms with Crippen molar-refractivity contribution in [2.75, 3.05) is 12.4 Å². The maximum absolute atomic E-state index is 5.94. The third-order valence-electron chi connectivity index (χ3n) is 3.71. The molecule has 0 saturated carbocycles. The highest BCUT2D eigenvalue weighted by Crippen LogP contribution is 2.24. The number of imidazole rings is 1. The lowest BCUT2D eigenvalue weighted by molar-refractivity contribution is 0.414. The Kier molecular flexibility index (Phi) is 4.53. The molecule has 1 heterocycles. The number of aromatic nitrogens is 2. The van der Waals surface area contributed by atoms with Crippen LogP contribution in [0.25, 0.3) is 11.3 Å². The number of hydrogen-bond donors (Lipinski definition) is 1. The molecule has 0 atom stereocenters. The van der Waals surface area contributed by atoms with E-state index in [9.17, 15) is 0 Å². The standard InChI is InChI=1S/C18H18ClN3O/c1-22-17(14-6-8-15(19)9-7-14)12-21-18(22)20-11-13-4-3-5-16(10-13)23-2/h3-10,12H,11H2,1-2H3,(H,20,21). The fourth-order valence-electron chi connectivity index (χ4n) is 2.43. The highest BCUT2D eigenvalue weighted by Gasteiger charge is 2.08. The summed E-state index contributed by atoms with van der Waals surface area (Å²) in [6.45, 7) is 0.683. The minimum absolute atomic E-state index is 0.683. The van der Waals surface area contributed by atoms with E-state index in [1.54, 1.807) is 7.11 Å². The second kappa shape index (κ2) is 6.75. The normalized spacial score (nSPS) is 10.6. The van der Waals surface area contributed by atoms with Gasteiger partial charge in [0.25, 0.3) is 0 Å². The predicted molar refractivity (Wildman–Crippen MR) is 94.0 cm³/mol. The molecule has 118 valence electrons. The number of nitrogens with one attached hydrogen (secondary N) is 1. The lowest BCUT2D eigenvalue weighted by Crippen LogP contribution is -2.05. The molecule has 3 rings (SSSR count). The van der Waals surface area contributed by atoms with E-state index in [2.05, 4.69) is 16.4 Å². The van der Waals surface area contributed by atoms with Gasteiger partial charge in [0.2, 0.25) is 5.95 Å². The van der Waals surface area contributed by atoms with Crippen LogP contribution in [-0.2, 0) is 13.6 Å². The number of nitrogens with zero attached hydrogens (tertiary/aromatic N) is 2. The quantitative estimate of drug-likeness (QED) is 0.756. The van der Waals surface area contributed by atoms with Crippen LogP contribution in [0.1, 0.15) is 5.56 Å². The average Bonchev–Trinajstić information content (AvgIpc) is 2.95. The van der Waals surface area contributed by atoms with E-state index in [-0.39, 0.29) is 0 Å². The molecule has 0 spiro atoms. The Hall–Kier alpha value is -2.46. The van der Waals surface area contributed by atoms with E-state index in [4.69, 9.17) is 16.3 Å². The predicted octanol–water partition coefficient (Wildman–Crippen LogP) is 4.36. The maximum Gasteiger partial charge on any atom is 0.203 e.